The van der Waals surface area contributed by atoms with Gasteiger partial charge in [-0.2, -0.15) is 0 Å². The van der Waals surface area contributed by atoms with E-state index in [-0.39, 0.29) is 23.3 Å². The number of methoxy groups -OCH3 is 1. The van der Waals surface area contributed by atoms with Crippen LogP contribution in [0.2, 0.25) is 0 Å². The van der Waals surface area contributed by atoms with Crippen LogP contribution in [0.4, 0.5) is 4.79 Å². The molecule has 1 saturated carbocycles. The van der Waals surface area contributed by atoms with E-state index in [0.717, 1.165) is 12.8 Å². The highest BCUT2D eigenvalue weighted by molar-refractivity contribution is 5.86. The molecule has 0 aromatic heterocycles. The quantitative estimate of drug-likeness (QED) is 0.647. The highest BCUT2D eigenvalue weighted by atomic mass is 16.5. The van der Waals surface area contributed by atoms with Gasteiger partial charge < -0.3 is 20.7 Å². The molecule has 3 amide bonds. The zero-order valence-corrected chi connectivity index (χ0v) is 12.4. The molecule has 1 fully saturated rings. The Labute approximate surface area is 118 Å². The van der Waals surface area contributed by atoms with Crippen molar-refractivity contribution in [1.82, 2.24) is 16.0 Å². The van der Waals surface area contributed by atoms with Crippen LogP contribution in [0.15, 0.2) is 0 Å². The number of alkyl carbamates (subject to hydrolysis) is 1. The smallest absolute Gasteiger partial charge is 0.407 e. The highest BCUT2D eigenvalue weighted by Crippen LogP contribution is 2.34. The molecule has 1 rings (SSSR count). The molecule has 1 aliphatic carbocycles. The van der Waals surface area contributed by atoms with E-state index in [1.165, 1.54) is 14.0 Å². The Bertz CT molecular complexity index is 391. The van der Waals surface area contributed by atoms with Crippen LogP contribution in [0.5, 0.6) is 0 Å². The fourth-order valence-corrected chi connectivity index (χ4v) is 1.85. The topological polar surface area (TPSA) is 96.5 Å². The van der Waals surface area contributed by atoms with Crippen LogP contribution < -0.4 is 16.0 Å². The van der Waals surface area contributed by atoms with Crippen LogP contribution in [0, 0.1) is 5.92 Å². The molecule has 3 N–H and O–H groups in total. The van der Waals surface area contributed by atoms with Gasteiger partial charge in [0.2, 0.25) is 11.8 Å². The number of rotatable bonds is 6. The summed E-state index contributed by atoms with van der Waals surface area (Å²) in [4.78, 5) is 34.4. The predicted molar refractivity (Wildman–Crippen MR) is 73.0 cm³/mol. The number of hydrogen-bond acceptors (Lipinski definition) is 4. The number of nitrogens with one attached hydrogen (secondary N) is 3. The molecule has 0 saturated heterocycles. The van der Waals surface area contributed by atoms with Gasteiger partial charge in [0, 0.05) is 13.5 Å². The van der Waals surface area contributed by atoms with Crippen molar-refractivity contribution in [1.29, 1.82) is 0 Å². The summed E-state index contributed by atoms with van der Waals surface area (Å²) in [6, 6.07) is -0.655. The summed E-state index contributed by atoms with van der Waals surface area (Å²) in [5, 5.41) is 8.14. The van der Waals surface area contributed by atoms with E-state index in [1.54, 1.807) is 0 Å². The van der Waals surface area contributed by atoms with E-state index in [9.17, 15) is 14.4 Å². The van der Waals surface area contributed by atoms with E-state index < -0.39 is 12.1 Å². The van der Waals surface area contributed by atoms with Crippen molar-refractivity contribution in [2.75, 3.05) is 13.7 Å². The molecule has 0 aromatic carbocycles. The minimum Gasteiger partial charge on any atom is -0.453 e. The molecule has 0 heterocycles. The molecular formula is C13H23N3O4. The average molecular weight is 285 g/mol. The second kappa shape index (κ2) is 6.58. The Morgan fingerprint density at radius 3 is 2.25 bits per heavy atom. The van der Waals surface area contributed by atoms with Gasteiger partial charge in [-0.25, -0.2) is 4.79 Å². The number of ether oxygens (including phenoxy) is 1. The van der Waals surface area contributed by atoms with Crippen molar-refractivity contribution in [2.45, 2.75) is 45.2 Å². The van der Waals surface area contributed by atoms with Gasteiger partial charge in [-0.1, -0.05) is 13.8 Å². The molecule has 7 nitrogen and oxygen atoms in total. The van der Waals surface area contributed by atoms with Crippen molar-refractivity contribution in [3.63, 3.8) is 0 Å². The third-order valence-electron chi connectivity index (χ3n) is 3.33. The van der Waals surface area contributed by atoms with Crippen molar-refractivity contribution in [3.8, 4) is 0 Å². The molecule has 7 heteroatoms. The van der Waals surface area contributed by atoms with E-state index in [4.69, 9.17) is 0 Å². The Morgan fingerprint density at radius 1 is 1.25 bits per heavy atom. The number of amides is 3. The van der Waals surface area contributed by atoms with Crippen molar-refractivity contribution < 1.29 is 19.1 Å². The lowest BCUT2D eigenvalue weighted by Crippen LogP contribution is -2.55. The van der Waals surface area contributed by atoms with Crippen LogP contribution in [0.3, 0.4) is 0 Å². The number of carbonyl (C=O) groups excluding carboxylic acids is 3. The molecule has 20 heavy (non-hydrogen) atoms. The van der Waals surface area contributed by atoms with Crippen LogP contribution in [-0.4, -0.2) is 43.1 Å². The van der Waals surface area contributed by atoms with Crippen LogP contribution >= 0.6 is 0 Å². The first kappa shape index (κ1) is 16.3. The fraction of sp³-hybridized carbons (Fsp3) is 0.769. The number of hydrogen-bond donors (Lipinski definition) is 3. The molecular weight excluding hydrogens is 262 g/mol. The van der Waals surface area contributed by atoms with E-state index >= 15 is 0 Å². The van der Waals surface area contributed by atoms with Crippen LogP contribution in [0.25, 0.3) is 0 Å². The third-order valence-corrected chi connectivity index (χ3v) is 3.33. The zero-order chi connectivity index (χ0) is 15.3. The molecule has 0 aliphatic heterocycles. The number of carbonyl (C=O) groups is 3. The lowest BCUT2D eigenvalue weighted by molar-refractivity contribution is -0.125. The van der Waals surface area contributed by atoms with Gasteiger partial charge in [0.15, 0.2) is 0 Å². The van der Waals surface area contributed by atoms with E-state index in [0.29, 0.717) is 6.54 Å². The Morgan fingerprint density at radius 2 is 1.85 bits per heavy atom. The van der Waals surface area contributed by atoms with Gasteiger partial charge in [-0.15, -0.1) is 0 Å². The van der Waals surface area contributed by atoms with E-state index in [2.05, 4.69) is 20.7 Å². The fourth-order valence-electron chi connectivity index (χ4n) is 1.85. The second-order valence-electron chi connectivity index (χ2n) is 5.54. The van der Waals surface area contributed by atoms with Gasteiger partial charge in [0.1, 0.15) is 6.04 Å². The van der Waals surface area contributed by atoms with Gasteiger partial charge in [-0.3, -0.25) is 9.59 Å². The first-order chi connectivity index (χ1) is 9.29. The summed E-state index contributed by atoms with van der Waals surface area (Å²) < 4.78 is 4.52. The van der Waals surface area contributed by atoms with Crippen LogP contribution in [0.1, 0.15) is 33.6 Å². The standard InChI is InChI=1S/C13H23N3O4/c1-8(2)10(15-12(19)20-4)11(18)16-13(5-6-13)7-14-9(3)17/h8,10H,5-7H2,1-4H3,(H,14,17)(H,15,19)(H,16,18)/t10-/m0/s1. The Kier molecular flexibility index (Phi) is 5.35. The largest absolute Gasteiger partial charge is 0.453 e. The van der Waals surface area contributed by atoms with Gasteiger partial charge in [0.05, 0.1) is 12.6 Å². The molecule has 0 bridgehead atoms. The maximum Gasteiger partial charge on any atom is 0.407 e. The minimum atomic E-state index is -0.655. The third kappa shape index (κ3) is 4.71. The lowest BCUT2D eigenvalue weighted by Gasteiger charge is -2.25. The molecule has 0 spiro atoms. The molecule has 114 valence electrons. The van der Waals surface area contributed by atoms with Crippen molar-refractivity contribution in [3.05, 3.63) is 0 Å². The first-order valence-corrected chi connectivity index (χ1v) is 6.70. The summed E-state index contributed by atoms with van der Waals surface area (Å²) in [7, 11) is 1.25. The SMILES string of the molecule is COC(=O)N[C@H](C(=O)NC1(CNC(C)=O)CC1)C(C)C. The molecule has 0 aromatic rings. The minimum absolute atomic E-state index is 0.0642. The van der Waals surface area contributed by atoms with Gasteiger partial charge in [-0.05, 0) is 18.8 Å². The highest BCUT2D eigenvalue weighted by Gasteiger charge is 2.45. The Hall–Kier alpha value is -1.79. The van der Waals surface area contributed by atoms with E-state index in [1.807, 2.05) is 13.8 Å². The summed E-state index contributed by atoms with van der Waals surface area (Å²) >= 11 is 0. The summed E-state index contributed by atoms with van der Waals surface area (Å²) in [5.74, 6) is -0.447. The summed E-state index contributed by atoms with van der Waals surface area (Å²) in [5.41, 5.74) is -0.367. The first-order valence-electron chi connectivity index (χ1n) is 6.70. The molecule has 1 atom stereocenters. The maximum absolute atomic E-state index is 12.2. The lowest BCUT2D eigenvalue weighted by atomic mass is 10.0. The maximum atomic E-state index is 12.2. The van der Waals surface area contributed by atoms with Gasteiger partial charge >= 0.3 is 6.09 Å². The summed E-state index contributed by atoms with van der Waals surface area (Å²) in [6.07, 6.45) is 1.01. The van der Waals surface area contributed by atoms with Crippen molar-refractivity contribution in [2.24, 2.45) is 5.92 Å². The van der Waals surface area contributed by atoms with Crippen molar-refractivity contribution >= 4 is 17.9 Å². The Balaban J connectivity index is 2.58. The summed E-state index contributed by atoms with van der Waals surface area (Å²) in [6.45, 7) is 5.53. The molecule has 0 radical (unpaired) electrons. The predicted octanol–water partition coefficient (Wildman–Crippen LogP) is 0.152. The second-order valence-corrected chi connectivity index (χ2v) is 5.54. The van der Waals surface area contributed by atoms with Gasteiger partial charge in [0.25, 0.3) is 0 Å². The van der Waals surface area contributed by atoms with Crippen LogP contribution in [-0.2, 0) is 14.3 Å². The molecule has 1 aliphatic rings. The zero-order valence-electron chi connectivity index (χ0n) is 12.4. The molecule has 0 unspecified atom stereocenters. The monoisotopic (exact) mass is 285 g/mol. The normalized spacial score (nSPS) is 17.1. The average Bonchev–Trinajstić information content (AvgIpc) is 3.12.